The quantitative estimate of drug-likeness (QED) is 0.878. The van der Waals surface area contributed by atoms with Gasteiger partial charge in [-0.3, -0.25) is 9.69 Å². The van der Waals surface area contributed by atoms with Gasteiger partial charge in [0.1, 0.15) is 5.75 Å². The number of benzene rings is 1. The number of carbonyl (C=O) groups is 1. The zero-order valence-corrected chi connectivity index (χ0v) is 14.0. The minimum atomic E-state index is -0.0247. The monoisotopic (exact) mass is 304 g/mol. The maximum absolute atomic E-state index is 12.2. The van der Waals surface area contributed by atoms with Crippen molar-refractivity contribution in [3.8, 4) is 5.75 Å². The van der Waals surface area contributed by atoms with Gasteiger partial charge in [-0.05, 0) is 62.9 Å². The predicted octanol–water partition coefficient (Wildman–Crippen LogP) is 2.47. The van der Waals surface area contributed by atoms with Gasteiger partial charge in [-0.2, -0.15) is 0 Å². The molecule has 0 radical (unpaired) electrons. The summed E-state index contributed by atoms with van der Waals surface area (Å²) in [5, 5.41) is 3.06. The first kappa shape index (κ1) is 16.8. The van der Waals surface area contributed by atoms with E-state index in [1.54, 1.807) is 7.11 Å². The number of hydrogen-bond donors (Lipinski definition) is 1. The number of likely N-dealkylation sites (tertiary alicyclic amines) is 1. The van der Waals surface area contributed by atoms with Crippen molar-refractivity contribution in [1.82, 2.24) is 10.2 Å². The van der Waals surface area contributed by atoms with Crippen LogP contribution in [0.2, 0.25) is 0 Å². The molecule has 1 N–H and O–H groups in total. The van der Waals surface area contributed by atoms with E-state index in [4.69, 9.17) is 4.74 Å². The Bertz CT molecular complexity index is 464. The van der Waals surface area contributed by atoms with E-state index in [-0.39, 0.29) is 11.9 Å². The number of hydrogen-bond acceptors (Lipinski definition) is 3. The Labute approximate surface area is 133 Å². The normalized spacial score (nSPS) is 18.0. The number of piperidine rings is 1. The van der Waals surface area contributed by atoms with Crippen LogP contribution in [-0.2, 0) is 11.2 Å². The van der Waals surface area contributed by atoms with Crippen LogP contribution in [0.5, 0.6) is 5.75 Å². The average Bonchev–Trinajstić information content (AvgIpc) is 2.55. The molecule has 4 heteroatoms. The van der Waals surface area contributed by atoms with Crippen molar-refractivity contribution in [2.45, 2.75) is 39.2 Å². The summed E-state index contributed by atoms with van der Waals surface area (Å²) < 4.78 is 5.14. The molecular formula is C18H28N2O2. The molecule has 0 aliphatic carbocycles. The number of amides is 1. The summed E-state index contributed by atoms with van der Waals surface area (Å²) in [5.74, 6) is 1.80. The Balaban J connectivity index is 1.72. The molecule has 1 aromatic carbocycles. The predicted molar refractivity (Wildman–Crippen MR) is 89.1 cm³/mol. The summed E-state index contributed by atoms with van der Waals surface area (Å²) in [6.45, 7) is 7.05. The van der Waals surface area contributed by atoms with Gasteiger partial charge in [0.15, 0.2) is 0 Å². The van der Waals surface area contributed by atoms with E-state index < -0.39 is 0 Å². The van der Waals surface area contributed by atoms with E-state index in [9.17, 15) is 4.79 Å². The molecule has 1 aliphatic rings. The first-order valence-electron chi connectivity index (χ1n) is 8.25. The van der Waals surface area contributed by atoms with Crippen molar-refractivity contribution in [1.29, 1.82) is 0 Å². The lowest BCUT2D eigenvalue weighted by Gasteiger charge is -2.34. The molecule has 1 aromatic rings. The van der Waals surface area contributed by atoms with Crippen LogP contribution < -0.4 is 10.1 Å². The van der Waals surface area contributed by atoms with Crippen molar-refractivity contribution in [3.05, 3.63) is 29.8 Å². The lowest BCUT2D eigenvalue weighted by molar-refractivity contribution is -0.126. The largest absolute Gasteiger partial charge is 0.497 e. The molecule has 0 aromatic heterocycles. The third-order valence-electron chi connectivity index (χ3n) is 4.62. The highest BCUT2D eigenvalue weighted by Gasteiger charge is 2.24. The van der Waals surface area contributed by atoms with Crippen LogP contribution in [-0.4, -0.2) is 43.6 Å². The molecule has 1 unspecified atom stereocenters. The lowest BCUT2D eigenvalue weighted by Crippen LogP contribution is -2.48. The zero-order valence-electron chi connectivity index (χ0n) is 14.0. The van der Waals surface area contributed by atoms with E-state index in [2.05, 4.69) is 17.1 Å². The van der Waals surface area contributed by atoms with E-state index in [1.807, 2.05) is 31.2 Å². The van der Waals surface area contributed by atoms with Crippen LogP contribution in [0.1, 0.15) is 32.3 Å². The fraction of sp³-hybridized carbons (Fsp3) is 0.611. The zero-order chi connectivity index (χ0) is 15.9. The third-order valence-corrected chi connectivity index (χ3v) is 4.62. The molecule has 1 heterocycles. The highest BCUT2D eigenvalue weighted by Crippen LogP contribution is 2.18. The number of nitrogens with zero attached hydrogens (tertiary/aromatic N) is 1. The number of nitrogens with one attached hydrogen (secondary N) is 1. The van der Waals surface area contributed by atoms with Crippen molar-refractivity contribution in [3.63, 3.8) is 0 Å². The maximum Gasteiger partial charge on any atom is 0.237 e. The molecule has 0 spiro atoms. The highest BCUT2D eigenvalue weighted by molar-refractivity contribution is 5.81. The van der Waals surface area contributed by atoms with Gasteiger partial charge < -0.3 is 10.1 Å². The number of rotatable bonds is 6. The van der Waals surface area contributed by atoms with Gasteiger partial charge >= 0.3 is 0 Å². The van der Waals surface area contributed by atoms with Gasteiger partial charge in [-0.15, -0.1) is 0 Å². The molecule has 0 bridgehead atoms. The topological polar surface area (TPSA) is 41.6 Å². The third kappa shape index (κ3) is 4.73. The minimum Gasteiger partial charge on any atom is -0.497 e. The van der Waals surface area contributed by atoms with Crippen LogP contribution in [0.3, 0.4) is 0 Å². The Morgan fingerprint density at radius 2 is 1.95 bits per heavy atom. The van der Waals surface area contributed by atoms with E-state index in [0.29, 0.717) is 6.54 Å². The molecule has 1 fully saturated rings. The first-order chi connectivity index (χ1) is 10.6. The number of carbonyl (C=O) groups excluding carboxylic acids is 1. The van der Waals surface area contributed by atoms with Crippen molar-refractivity contribution in [2.75, 3.05) is 26.7 Å². The van der Waals surface area contributed by atoms with Crippen LogP contribution in [0.15, 0.2) is 24.3 Å². The molecule has 122 valence electrons. The standard InChI is InChI=1S/C18H28N2O2/c1-14-9-12-20(13-10-14)15(2)18(21)19-11-8-16-4-6-17(22-3)7-5-16/h4-7,14-15H,8-13H2,1-3H3,(H,19,21). The van der Waals surface area contributed by atoms with Crippen molar-refractivity contribution in [2.24, 2.45) is 5.92 Å². The SMILES string of the molecule is COc1ccc(CCNC(=O)C(C)N2CCC(C)CC2)cc1. The summed E-state index contributed by atoms with van der Waals surface area (Å²) in [7, 11) is 1.66. The Morgan fingerprint density at radius 3 is 2.55 bits per heavy atom. The summed E-state index contributed by atoms with van der Waals surface area (Å²) >= 11 is 0. The van der Waals surface area contributed by atoms with Crippen LogP contribution in [0.4, 0.5) is 0 Å². The van der Waals surface area contributed by atoms with Crippen LogP contribution in [0.25, 0.3) is 0 Å². The van der Waals surface area contributed by atoms with Crippen LogP contribution in [0, 0.1) is 5.92 Å². The van der Waals surface area contributed by atoms with Gasteiger partial charge in [0.25, 0.3) is 0 Å². The molecule has 1 saturated heterocycles. The molecule has 4 nitrogen and oxygen atoms in total. The second-order valence-corrected chi connectivity index (χ2v) is 6.28. The number of methoxy groups -OCH3 is 1. The Hall–Kier alpha value is -1.55. The van der Waals surface area contributed by atoms with Gasteiger partial charge in [0.05, 0.1) is 13.2 Å². The fourth-order valence-electron chi connectivity index (χ4n) is 2.85. The van der Waals surface area contributed by atoms with Crippen molar-refractivity contribution < 1.29 is 9.53 Å². The number of ether oxygens (including phenoxy) is 1. The molecule has 1 aliphatic heterocycles. The molecule has 2 rings (SSSR count). The minimum absolute atomic E-state index is 0.0247. The van der Waals surface area contributed by atoms with Gasteiger partial charge in [-0.25, -0.2) is 0 Å². The van der Waals surface area contributed by atoms with Gasteiger partial charge in [-0.1, -0.05) is 19.1 Å². The second-order valence-electron chi connectivity index (χ2n) is 6.28. The summed E-state index contributed by atoms with van der Waals surface area (Å²) in [4.78, 5) is 14.5. The Kier molecular flexibility index (Phi) is 6.25. The van der Waals surface area contributed by atoms with E-state index >= 15 is 0 Å². The molecule has 22 heavy (non-hydrogen) atoms. The van der Waals surface area contributed by atoms with E-state index in [0.717, 1.165) is 31.2 Å². The van der Waals surface area contributed by atoms with Gasteiger partial charge in [0.2, 0.25) is 5.91 Å². The van der Waals surface area contributed by atoms with Crippen LogP contribution >= 0.6 is 0 Å². The van der Waals surface area contributed by atoms with E-state index in [1.165, 1.54) is 18.4 Å². The summed E-state index contributed by atoms with van der Waals surface area (Å²) in [6.07, 6.45) is 3.24. The molecule has 1 amide bonds. The smallest absolute Gasteiger partial charge is 0.237 e. The lowest BCUT2D eigenvalue weighted by atomic mass is 9.98. The molecule has 1 atom stereocenters. The summed E-state index contributed by atoms with van der Waals surface area (Å²) in [5.41, 5.74) is 1.21. The fourth-order valence-corrected chi connectivity index (χ4v) is 2.85. The summed E-state index contributed by atoms with van der Waals surface area (Å²) in [6, 6.07) is 7.97. The highest BCUT2D eigenvalue weighted by atomic mass is 16.5. The van der Waals surface area contributed by atoms with Gasteiger partial charge in [0, 0.05) is 6.54 Å². The first-order valence-corrected chi connectivity index (χ1v) is 8.25. The second kappa shape index (κ2) is 8.18. The molecule has 0 saturated carbocycles. The van der Waals surface area contributed by atoms with Crippen molar-refractivity contribution >= 4 is 5.91 Å². The Morgan fingerprint density at radius 1 is 1.32 bits per heavy atom. The maximum atomic E-state index is 12.2. The average molecular weight is 304 g/mol. The molecular weight excluding hydrogens is 276 g/mol.